The first kappa shape index (κ1) is 15.0. The summed E-state index contributed by atoms with van der Waals surface area (Å²) in [4.78, 5) is 14.4. The van der Waals surface area contributed by atoms with Crippen LogP contribution >= 0.6 is 0 Å². The summed E-state index contributed by atoms with van der Waals surface area (Å²) in [6.45, 7) is 9.17. The Kier molecular flexibility index (Phi) is 4.81. The molecule has 1 saturated heterocycles. The van der Waals surface area contributed by atoms with Crippen LogP contribution in [0.5, 0.6) is 0 Å². The molecule has 1 fully saturated rings. The standard InChI is InChI=1S/C17H26N2O/c1-5-14(6-2)13(4)19-16(20)11-18-17(19)15-10-8-7-9-12(15)3/h7-10,13-14,17-18H,5-6,11H2,1-4H3. The van der Waals surface area contributed by atoms with Crippen molar-refractivity contribution in [2.24, 2.45) is 5.92 Å². The molecule has 3 nitrogen and oxygen atoms in total. The van der Waals surface area contributed by atoms with E-state index in [0.717, 1.165) is 12.8 Å². The van der Waals surface area contributed by atoms with Crippen LogP contribution in [0.2, 0.25) is 0 Å². The lowest BCUT2D eigenvalue weighted by Crippen LogP contribution is -2.42. The van der Waals surface area contributed by atoms with Crippen molar-refractivity contribution < 1.29 is 4.79 Å². The van der Waals surface area contributed by atoms with Gasteiger partial charge in [0.25, 0.3) is 0 Å². The van der Waals surface area contributed by atoms with Crippen LogP contribution in [0.15, 0.2) is 24.3 Å². The van der Waals surface area contributed by atoms with E-state index < -0.39 is 0 Å². The summed E-state index contributed by atoms with van der Waals surface area (Å²) in [7, 11) is 0. The zero-order valence-corrected chi connectivity index (χ0v) is 13.0. The van der Waals surface area contributed by atoms with Crippen molar-refractivity contribution in [2.45, 2.75) is 52.7 Å². The molecule has 1 heterocycles. The van der Waals surface area contributed by atoms with Gasteiger partial charge in [-0.1, -0.05) is 51.0 Å². The van der Waals surface area contributed by atoms with Gasteiger partial charge in [0, 0.05) is 6.04 Å². The number of benzene rings is 1. The van der Waals surface area contributed by atoms with Crippen molar-refractivity contribution in [2.75, 3.05) is 6.54 Å². The van der Waals surface area contributed by atoms with Crippen LogP contribution in [-0.4, -0.2) is 23.4 Å². The number of nitrogens with one attached hydrogen (secondary N) is 1. The van der Waals surface area contributed by atoms with Crippen molar-refractivity contribution in [3.8, 4) is 0 Å². The van der Waals surface area contributed by atoms with Crippen molar-refractivity contribution in [3.63, 3.8) is 0 Å². The average Bonchev–Trinajstić information content (AvgIpc) is 2.82. The largest absolute Gasteiger partial charge is 0.319 e. The summed E-state index contributed by atoms with van der Waals surface area (Å²) < 4.78 is 0. The molecule has 0 spiro atoms. The number of amides is 1. The lowest BCUT2D eigenvalue weighted by atomic mass is 9.93. The molecule has 1 amide bonds. The Balaban J connectivity index is 2.29. The maximum Gasteiger partial charge on any atom is 0.238 e. The SMILES string of the molecule is CCC(CC)C(C)N1C(=O)CNC1c1ccccc1C. The molecule has 1 aliphatic rings. The molecule has 2 rings (SSSR count). The number of carbonyl (C=O) groups excluding carboxylic acids is 1. The molecule has 0 saturated carbocycles. The van der Waals surface area contributed by atoms with Crippen LogP contribution in [0.25, 0.3) is 0 Å². The fourth-order valence-corrected chi connectivity index (χ4v) is 3.33. The number of hydrogen-bond donors (Lipinski definition) is 1. The average molecular weight is 274 g/mol. The Hall–Kier alpha value is -1.35. The molecule has 20 heavy (non-hydrogen) atoms. The summed E-state index contributed by atoms with van der Waals surface area (Å²) in [5.74, 6) is 0.781. The van der Waals surface area contributed by atoms with Gasteiger partial charge in [0.05, 0.1) is 6.54 Å². The molecule has 0 bridgehead atoms. The molecule has 2 atom stereocenters. The maximum atomic E-state index is 12.3. The molecule has 0 aromatic heterocycles. The summed E-state index contributed by atoms with van der Waals surface area (Å²) in [6.07, 6.45) is 2.25. The molecule has 3 heteroatoms. The van der Waals surface area contributed by atoms with Crippen molar-refractivity contribution in [3.05, 3.63) is 35.4 Å². The zero-order chi connectivity index (χ0) is 14.7. The summed E-state index contributed by atoms with van der Waals surface area (Å²) in [5.41, 5.74) is 2.46. The van der Waals surface area contributed by atoms with E-state index in [1.54, 1.807) is 0 Å². The van der Waals surface area contributed by atoms with Crippen LogP contribution in [0.3, 0.4) is 0 Å². The summed E-state index contributed by atoms with van der Waals surface area (Å²) >= 11 is 0. The number of carbonyl (C=O) groups is 1. The highest BCUT2D eigenvalue weighted by atomic mass is 16.2. The second-order valence-corrected chi connectivity index (χ2v) is 5.76. The van der Waals surface area contributed by atoms with Gasteiger partial charge in [0.1, 0.15) is 6.17 Å². The molecule has 2 unspecified atom stereocenters. The van der Waals surface area contributed by atoms with Crippen LogP contribution < -0.4 is 5.32 Å². The van der Waals surface area contributed by atoms with E-state index in [0.29, 0.717) is 12.5 Å². The van der Waals surface area contributed by atoms with Gasteiger partial charge in [-0.25, -0.2) is 0 Å². The first-order valence-corrected chi connectivity index (χ1v) is 7.70. The topological polar surface area (TPSA) is 32.3 Å². The van der Waals surface area contributed by atoms with E-state index in [4.69, 9.17) is 0 Å². The number of nitrogens with zero attached hydrogens (tertiary/aromatic N) is 1. The van der Waals surface area contributed by atoms with Gasteiger partial charge in [-0.3, -0.25) is 10.1 Å². The van der Waals surface area contributed by atoms with Gasteiger partial charge >= 0.3 is 0 Å². The lowest BCUT2D eigenvalue weighted by molar-refractivity contribution is -0.131. The van der Waals surface area contributed by atoms with E-state index in [-0.39, 0.29) is 18.1 Å². The fraction of sp³-hybridized carbons (Fsp3) is 0.588. The Morgan fingerprint density at radius 2 is 1.95 bits per heavy atom. The molecule has 1 aromatic carbocycles. The highest BCUT2D eigenvalue weighted by molar-refractivity contribution is 5.81. The molecule has 1 N–H and O–H groups in total. The third-order valence-electron chi connectivity index (χ3n) is 4.67. The van der Waals surface area contributed by atoms with Gasteiger partial charge in [0.15, 0.2) is 0 Å². The molecule has 1 aliphatic heterocycles. The van der Waals surface area contributed by atoms with E-state index >= 15 is 0 Å². The minimum Gasteiger partial charge on any atom is -0.319 e. The van der Waals surface area contributed by atoms with Crippen molar-refractivity contribution in [1.29, 1.82) is 0 Å². The van der Waals surface area contributed by atoms with Gasteiger partial charge in [-0.05, 0) is 30.9 Å². The monoisotopic (exact) mass is 274 g/mol. The van der Waals surface area contributed by atoms with Gasteiger partial charge in [-0.15, -0.1) is 0 Å². The molecule has 0 aliphatic carbocycles. The van der Waals surface area contributed by atoms with E-state index in [9.17, 15) is 4.79 Å². The number of hydrogen-bond acceptors (Lipinski definition) is 2. The maximum absolute atomic E-state index is 12.3. The first-order chi connectivity index (χ1) is 9.60. The molecular weight excluding hydrogens is 248 g/mol. The van der Waals surface area contributed by atoms with Crippen LogP contribution in [-0.2, 0) is 4.79 Å². The van der Waals surface area contributed by atoms with E-state index in [2.05, 4.69) is 50.0 Å². The third kappa shape index (κ3) is 2.73. The highest BCUT2D eigenvalue weighted by Crippen LogP contribution is 2.31. The normalized spacial score (nSPS) is 20.8. The lowest BCUT2D eigenvalue weighted by Gasteiger charge is -2.35. The second-order valence-electron chi connectivity index (χ2n) is 5.76. The Morgan fingerprint density at radius 3 is 2.55 bits per heavy atom. The smallest absolute Gasteiger partial charge is 0.238 e. The van der Waals surface area contributed by atoms with Gasteiger partial charge < -0.3 is 4.90 Å². The minimum atomic E-state index is 0.0271. The minimum absolute atomic E-state index is 0.0271. The third-order valence-corrected chi connectivity index (χ3v) is 4.67. The molecule has 1 aromatic rings. The predicted octanol–water partition coefficient (Wildman–Crippen LogP) is 3.25. The summed E-state index contributed by atoms with van der Waals surface area (Å²) in [5, 5.41) is 3.37. The number of aryl methyl sites for hydroxylation is 1. The van der Waals surface area contributed by atoms with Crippen molar-refractivity contribution >= 4 is 5.91 Å². The van der Waals surface area contributed by atoms with E-state index in [1.165, 1.54) is 11.1 Å². The van der Waals surface area contributed by atoms with Crippen LogP contribution in [0.4, 0.5) is 0 Å². The van der Waals surface area contributed by atoms with Crippen molar-refractivity contribution in [1.82, 2.24) is 10.2 Å². The summed E-state index contributed by atoms with van der Waals surface area (Å²) in [6, 6.07) is 8.60. The quantitative estimate of drug-likeness (QED) is 0.894. The Bertz CT molecular complexity index is 468. The first-order valence-electron chi connectivity index (χ1n) is 7.70. The molecular formula is C17H26N2O. The highest BCUT2D eigenvalue weighted by Gasteiger charge is 2.37. The van der Waals surface area contributed by atoms with Crippen LogP contribution in [0, 0.1) is 12.8 Å². The molecule has 0 radical (unpaired) electrons. The molecule has 110 valence electrons. The van der Waals surface area contributed by atoms with Gasteiger partial charge in [0.2, 0.25) is 5.91 Å². The van der Waals surface area contributed by atoms with Gasteiger partial charge in [-0.2, -0.15) is 0 Å². The second kappa shape index (κ2) is 6.40. The van der Waals surface area contributed by atoms with E-state index in [1.807, 2.05) is 12.1 Å². The number of rotatable bonds is 5. The zero-order valence-electron chi connectivity index (χ0n) is 13.0. The van der Waals surface area contributed by atoms with Crippen LogP contribution in [0.1, 0.15) is 50.9 Å². The Labute approximate surface area is 122 Å². The fourth-order valence-electron chi connectivity index (χ4n) is 3.33. The predicted molar refractivity (Wildman–Crippen MR) is 82.3 cm³/mol. The Morgan fingerprint density at radius 1 is 1.30 bits per heavy atom.